The predicted molar refractivity (Wildman–Crippen MR) is 79.4 cm³/mol. The summed E-state index contributed by atoms with van der Waals surface area (Å²) in [5.74, 6) is 0.148. The highest BCUT2D eigenvalue weighted by molar-refractivity contribution is 5.96. The number of rotatable bonds is 6. The van der Waals surface area contributed by atoms with Gasteiger partial charge in [0.05, 0.1) is 12.2 Å². The zero-order chi connectivity index (χ0) is 14.4. The van der Waals surface area contributed by atoms with Crippen molar-refractivity contribution in [1.82, 2.24) is 0 Å². The molecule has 0 spiro atoms. The van der Waals surface area contributed by atoms with Gasteiger partial charge in [0.25, 0.3) is 0 Å². The zero-order valence-electron chi connectivity index (χ0n) is 12.2. The number of hydrogen-bond acceptors (Lipinski definition) is 4. The number of esters is 1. The standard InChI is InChI=1S/C15H24N2O2/c1-5-14(10(3)4)17-11-7-8-13(16)12(9-11)15(18)19-6-2/h7-10,14,17H,5-6,16H2,1-4H3. The van der Waals surface area contributed by atoms with E-state index in [1.54, 1.807) is 19.1 Å². The van der Waals surface area contributed by atoms with E-state index in [-0.39, 0.29) is 5.97 Å². The number of nitrogens with two attached hydrogens (primary N) is 1. The monoisotopic (exact) mass is 264 g/mol. The number of hydrogen-bond donors (Lipinski definition) is 2. The fourth-order valence-corrected chi connectivity index (χ4v) is 1.99. The summed E-state index contributed by atoms with van der Waals surface area (Å²) in [7, 11) is 0. The average Bonchev–Trinajstić information content (AvgIpc) is 2.37. The Balaban J connectivity index is 2.92. The lowest BCUT2D eigenvalue weighted by atomic mass is 10.0. The van der Waals surface area contributed by atoms with Crippen LogP contribution in [0.25, 0.3) is 0 Å². The van der Waals surface area contributed by atoms with Crippen LogP contribution in [0.4, 0.5) is 11.4 Å². The lowest BCUT2D eigenvalue weighted by Crippen LogP contribution is -2.24. The van der Waals surface area contributed by atoms with Crippen LogP contribution in [-0.4, -0.2) is 18.6 Å². The first-order chi connectivity index (χ1) is 8.99. The van der Waals surface area contributed by atoms with Crippen molar-refractivity contribution in [2.75, 3.05) is 17.7 Å². The first-order valence-corrected chi connectivity index (χ1v) is 6.82. The van der Waals surface area contributed by atoms with E-state index in [2.05, 4.69) is 26.1 Å². The van der Waals surface area contributed by atoms with Gasteiger partial charge in [-0.05, 0) is 37.5 Å². The zero-order valence-corrected chi connectivity index (χ0v) is 12.2. The van der Waals surface area contributed by atoms with Crippen molar-refractivity contribution in [3.8, 4) is 0 Å². The van der Waals surface area contributed by atoms with Crippen molar-refractivity contribution < 1.29 is 9.53 Å². The largest absolute Gasteiger partial charge is 0.462 e. The summed E-state index contributed by atoms with van der Waals surface area (Å²) in [6.07, 6.45) is 1.02. The molecule has 1 unspecified atom stereocenters. The van der Waals surface area contributed by atoms with E-state index in [1.807, 2.05) is 6.07 Å². The number of nitrogen functional groups attached to an aromatic ring is 1. The van der Waals surface area contributed by atoms with Crippen molar-refractivity contribution in [3.63, 3.8) is 0 Å². The number of benzene rings is 1. The van der Waals surface area contributed by atoms with Gasteiger partial charge in [-0.1, -0.05) is 20.8 Å². The maximum atomic E-state index is 11.8. The maximum Gasteiger partial charge on any atom is 0.340 e. The van der Waals surface area contributed by atoms with Crippen LogP contribution < -0.4 is 11.1 Å². The van der Waals surface area contributed by atoms with Crippen LogP contribution in [0, 0.1) is 5.92 Å². The summed E-state index contributed by atoms with van der Waals surface area (Å²) >= 11 is 0. The summed E-state index contributed by atoms with van der Waals surface area (Å²) in [6, 6.07) is 5.77. The number of ether oxygens (including phenoxy) is 1. The average molecular weight is 264 g/mol. The van der Waals surface area contributed by atoms with Crippen molar-refractivity contribution >= 4 is 17.3 Å². The minimum atomic E-state index is -0.374. The molecule has 1 rings (SSSR count). The summed E-state index contributed by atoms with van der Waals surface area (Å²) in [5.41, 5.74) is 7.58. The summed E-state index contributed by atoms with van der Waals surface area (Å²) in [4.78, 5) is 11.8. The highest BCUT2D eigenvalue weighted by atomic mass is 16.5. The van der Waals surface area contributed by atoms with Gasteiger partial charge in [0.2, 0.25) is 0 Å². The Morgan fingerprint density at radius 2 is 2.05 bits per heavy atom. The maximum absolute atomic E-state index is 11.8. The fraction of sp³-hybridized carbons (Fsp3) is 0.533. The molecule has 0 aliphatic rings. The van der Waals surface area contributed by atoms with Gasteiger partial charge in [-0.2, -0.15) is 0 Å². The van der Waals surface area contributed by atoms with Gasteiger partial charge < -0.3 is 15.8 Å². The molecule has 1 aromatic carbocycles. The molecule has 0 fully saturated rings. The molecule has 0 bridgehead atoms. The highest BCUT2D eigenvalue weighted by Crippen LogP contribution is 2.21. The Morgan fingerprint density at radius 1 is 1.37 bits per heavy atom. The van der Waals surface area contributed by atoms with Crippen molar-refractivity contribution in [2.24, 2.45) is 5.92 Å². The van der Waals surface area contributed by atoms with Crippen LogP contribution in [0.2, 0.25) is 0 Å². The lowest BCUT2D eigenvalue weighted by Gasteiger charge is -2.22. The molecule has 0 saturated carbocycles. The number of carbonyl (C=O) groups is 1. The van der Waals surface area contributed by atoms with Crippen LogP contribution in [0.1, 0.15) is 44.5 Å². The van der Waals surface area contributed by atoms with E-state index in [0.717, 1.165) is 12.1 Å². The second-order valence-electron chi connectivity index (χ2n) is 4.93. The third-order valence-electron chi connectivity index (χ3n) is 3.15. The van der Waals surface area contributed by atoms with Gasteiger partial charge in [-0.3, -0.25) is 0 Å². The van der Waals surface area contributed by atoms with Gasteiger partial charge in [0.1, 0.15) is 0 Å². The molecule has 0 saturated heterocycles. The minimum absolute atomic E-state index is 0.347. The highest BCUT2D eigenvalue weighted by Gasteiger charge is 2.14. The van der Waals surface area contributed by atoms with Gasteiger partial charge >= 0.3 is 5.97 Å². The normalized spacial score (nSPS) is 12.3. The van der Waals surface area contributed by atoms with E-state index < -0.39 is 0 Å². The van der Waals surface area contributed by atoms with Crippen LogP contribution in [-0.2, 0) is 4.74 Å². The predicted octanol–water partition coefficient (Wildman–Crippen LogP) is 3.29. The molecular formula is C15H24N2O2. The van der Waals surface area contributed by atoms with Crippen LogP contribution in [0.5, 0.6) is 0 Å². The Hall–Kier alpha value is -1.71. The third kappa shape index (κ3) is 4.16. The number of nitrogens with one attached hydrogen (secondary N) is 1. The molecule has 0 amide bonds. The molecule has 19 heavy (non-hydrogen) atoms. The third-order valence-corrected chi connectivity index (χ3v) is 3.15. The molecule has 1 atom stereocenters. The second-order valence-corrected chi connectivity index (χ2v) is 4.93. The van der Waals surface area contributed by atoms with E-state index in [4.69, 9.17) is 10.5 Å². The molecule has 0 aliphatic carbocycles. The van der Waals surface area contributed by atoms with Crippen molar-refractivity contribution in [1.29, 1.82) is 0 Å². The van der Waals surface area contributed by atoms with Crippen LogP contribution in [0.3, 0.4) is 0 Å². The first kappa shape index (κ1) is 15.3. The van der Waals surface area contributed by atoms with Crippen molar-refractivity contribution in [3.05, 3.63) is 23.8 Å². The minimum Gasteiger partial charge on any atom is -0.462 e. The molecular weight excluding hydrogens is 240 g/mol. The molecule has 0 radical (unpaired) electrons. The molecule has 1 aromatic rings. The van der Waals surface area contributed by atoms with E-state index >= 15 is 0 Å². The van der Waals surface area contributed by atoms with E-state index in [1.165, 1.54) is 0 Å². The molecule has 0 heterocycles. The van der Waals surface area contributed by atoms with Gasteiger partial charge in [0.15, 0.2) is 0 Å². The van der Waals surface area contributed by atoms with Gasteiger partial charge in [0, 0.05) is 17.4 Å². The van der Waals surface area contributed by atoms with Gasteiger partial charge in [-0.15, -0.1) is 0 Å². The SMILES string of the molecule is CCOC(=O)c1cc(NC(CC)C(C)C)ccc1N. The summed E-state index contributed by atoms with van der Waals surface area (Å²) < 4.78 is 5.00. The molecule has 4 nitrogen and oxygen atoms in total. The molecule has 4 heteroatoms. The topological polar surface area (TPSA) is 64.3 Å². The summed E-state index contributed by atoms with van der Waals surface area (Å²) in [6.45, 7) is 8.61. The number of carbonyl (C=O) groups excluding carboxylic acids is 1. The van der Waals surface area contributed by atoms with Crippen LogP contribution in [0.15, 0.2) is 18.2 Å². The Morgan fingerprint density at radius 3 is 2.58 bits per heavy atom. The van der Waals surface area contributed by atoms with E-state index in [9.17, 15) is 4.79 Å². The Kier molecular flexibility index (Phi) is 5.67. The molecule has 3 N–H and O–H groups in total. The second kappa shape index (κ2) is 7.02. The van der Waals surface area contributed by atoms with Crippen molar-refractivity contribution in [2.45, 2.75) is 40.2 Å². The quantitative estimate of drug-likeness (QED) is 0.611. The molecule has 106 valence electrons. The lowest BCUT2D eigenvalue weighted by molar-refractivity contribution is 0.0527. The molecule has 0 aromatic heterocycles. The molecule has 0 aliphatic heterocycles. The fourth-order valence-electron chi connectivity index (χ4n) is 1.99. The number of anilines is 2. The Bertz CT molecular complexity index is 430. The van der Waals surface area contributed by atoms with E-state index in [0.29, 0.717) is 29.8 Å². The smallest absolute Gasteiger partial charge is 0.340 e. The Labute approximate surface area is 115 Å². The van der Waals surface area contributed by atoms with Gasteiger partial charge in [-0.25, -0.2) is 4.79 Å². The van der Waals surface area contributed by atoms with Crippen LogP contribution >= 0.6 is 0 Å². The summed E-state index contributed by atoms with van der Waals surface area (Å²) in [5, 5.41) is 3.43. The first-order valence-electron chi connectivity index (χ1n) is 6.82.